The number of anilines is 1. The van der Waals surface area contributed by atoms with E-state index in [2.05, 4.69) is 26.2 Å². The zero-order valence-electron chi connectivity index (χ0n) is 11.3. The van der Waals surface area contributed by atoms with Crippen LogP contribution in [0.25, 0.3) is 11.3 Å². The van der Waals surface area contributed by atoms with E-state index in [-0.39, 0.29) is 6.03 Å². The Bertz CT molecular complexity index is 635. The molecule has 110 valence electrons. The lowest BCUT2D eigenvalue weighted by Crippen LogP contribution is -2.50. The van der Waals surface area contributed by atoms with Crippen molar-refractivity contribution in [3.63, 3.8) is 0 Å². The van der Waals surface area contributed by atoms with Gasteiger partial charge in [0.1, 0.15) is 0 Å². The molecule has 0 atom stereocenters. The normalized spacial score (nSPS) is 15.3. The predicted molar refractivity (Wildman–Crippen MR) is 88.6 cm³/mol. The van der Waals surface area contributed by atoms with Crippen LogP contribution in [0.15, 0.2) is 34.1 Å². The molecule has 2 amide bonds. The Morgan fingerprint density at radius 1 is 1.19 bits per heavy atom. The summed E-state index contributed by atoms with van der Waals surface area (Å²) >= 11 is 5.07. The highest BCUT2D eigenvalue weighted by molar-refractivity contribution is 9.10. The van der Waals surface area contributed by atoms with Crippen molar-refractivity contribution in [1.29, 1.82) is 0 Å². The minimum Gasteiger partial charge on any atom is -0.351 e. The standard InChI is InChI=1S/C14H15BrN4OS/c15-11-3-1-10(2-4-11)12-9-21-14(17-12)19-7-5-18(6-8-19)13(16)20/h1-4,9H,5-8H2,(H2,16,20). The van der Waals surface area contributed by atoms with Gasteiger partial charge in [0.25, 0.3) is 0 Å². The molecule has 3 rings (SSSR count). The SMILES string of the molecule is NC(=O)N1CCN(c2nc(-c3ccc(Br)cc3)cs2)CC1. The predicted octanol–water partition coefficient (Wildman–Crippen LogP) is 2.77. The number of thiazole rings is 1. The van der Waals surface area contributed by atoms with Gasteiger partial charge in [0.05, 0.1) is 5.69 Å². The monoisotopic (exact) mass is 366 g/mol. The number of carbonyl (C=O) groups excluding carboxylic acids is 1. The zero-order valence-corrected chi connectivity index (χ0v) is 13.7. The lowest BCUT2D eigenvalue weighted by molar-refractivity contribution is 0.204. The Hall–Kier alpha value is -1.60. The van der Waals surface area contributed by atoms with E-state index in [1.165, 1.54) is 0 Å². The van der Waals surface area contributed by atoms with Crippen molar-refractivity contribution in [3.05, 3.63) is 34.1 Å². The average Bonchev–Trinajstić information content (AvgIpc) is 2.98. The molecule has 0 unspecified atom stereocenters. The molecule has 1 fully saturated rings. The topological polar surface area (TPSA) is 62.5 Å². The molecule has 0 bridgehead atoms. The van der Waals surface area contributed by atoms with Gasteiger partial charge in [-0.3, -0.25) is 0 Å². The van der Waals surface area contributed by atoms with Crippen LogP contribution in [0.2, 0.25) is 0 Å². The first-order valence-electron chi connectivity index (χ1n) is 6.64. The summed E-state index contributed by atoms with van der Waals surface area (Å²) in [4.78, 5) is 19.7. The highest BCUT2D eigenvalue weighted by Gasteiger charge is 2.21. The van der Waals surface area contributed by atoms with Crippen LogP contribution in [0.5, 0.6) is 0 Å². The molecule has 1 aromatic heterocycles. The minimum absolute atomic E-state index is 0.343. The average molecular weight is 367 g/mol. The first-order chi connectivity index (χ1) is 10.1. The summed E-state index contributed by atoms with van der Waals surface area (Å²) in [5.41, 5.74) is 7.39. The van der Waals surface area contributed by atoms with Crippen molar-refractivity contribution in [3.8, 4) is 11.3 Å². The van der Waals surface area contributed by atoms with Crippen molar-refractivity contribution < 1.29 is 4.79 Å². The fourth-order valence-electron chi connectivity index (χ4n) is 2.28. The summed E-state index contributed by atoms with van der Waals surface area (Å²) in [7, 11) is 0. The van der Waals surface area contributed by atoms with Crippen LogP contribution in [-0.4, -0.2) is 42.1 Å². The van der Waals surface area contributed by atoms with Crippen molar-refractivity contribution in [2.45, 2.75) is 0 Å². The Labute approximate surface area is 135 Å². The summed E-state index contributed by atoms with van der Waals surface area (Å²) in [5.74, 6) is 0. The van der Waals surface area contributed by atoms with E-state index in [1.54, 1.807) is 16.2 Å². The third-order valence-electron chi connectivity index (χ3n) is 3.49. The molecule has 21 heavy (non-hydrogen) atoms. The molecule has 2 heterocycles. The molecular weight excluding hydrogens is 352 g/mol. The molecule has 1 saturated heterocycles. The number of urea groups is 1. The maximum atomic E-state index is 11.1. The molecule has 1 aliphatic rings. The van der Waals surface area contributed by atoms with Gasteiger partial charge in [-0.2, -0.15) is 0 Å². The number of piperazine rings is 1. The van der Waals surface area contributed by atoms with E-state index in [4.69, 9.17) is 10.7 Å². The second kappa shape index (κ2) is 6.03. The molecular formula is C14H15BrN4OS. The van der Waals surface area contributed by atoms with Crippen LogP contribution in [0.4, 0.5) is 9.93 Å². The molecule has 0 saturated carbocycles. The van der Waals surface area contributed by atoms with Gasteiger partial charge in [-0.25, -0.2) is 9.78 Å². The van der Waals surface area contributed by atoms with E-state index >= 15 is 0 Å². The number of nitrogens with zero attached hydrogens (tertiary/aromatic N) is 3. The summed E-state index contributed by atoms with van der Waals surface area (Å²) in [5, 5.41) is 3.07. The third-order valence-corrected chi connectivity index (χ3v) is 4.92. The first-order valence-corrected chi connectivity index (χ1v) is 8.31. The van der Waals surface area contributed by atoms with Crippen LogP contribution in [0.1, 0.15) is 0 Å². The lowest BCUT2D eigenvalue weighted by Gasteiger charge is -2.33. The minimum atomic E-state index is -0.343. The largest absolute Gasteiger partial charge is 0.351 e. The van der Waals surface area contributed by atoms with Gasteiger partial charge in [0.15, 0.2) is 5.13 Å². The zero-order chi connectivity index (χ0) is 14.8. The van der Waals surface area contributed by atoms with Gasteiger partial charge in [-0.05, 0) is 12.1 Å². The molecule has 1 aromatic carbocycles. The lowest BCUT2D eigenvalue weighted by atomic mass is 10.2. The number of amides is 2. The number of aromatic nitrogens is 1. The first kappa shape index (κ1) is 14.3. The Kier molecular flexibility index (Phi) is 4.12. The molecule has 0 aliphatic carbocycles. The number of rotatable bonds is 2. The van der Waals surface area contributed by atoms with Gasteiger partial charge in [-0.1, -0.05) is 28.1 Å². The third kappa shape index (κ3) is 3.19. The Balaban J connectivity index is 1.71. The van der Waals surface area contributed by atoms with Gasteiger partial charge >= 0.3 is 6.03 Å². The van der Waals surface area contributed by atoms with E-state index in [9.17, 15) is 4.79 Å². The van der Waals surface area contributed by atoms with Crippen LogP contribution in [0, 0.1) is 0 Å². The quantitative estimate of drug-likeness (QED) is 0.888. The van der Waals surface area contributed by atoms with Gasteiger partial charge in [0.2, 0.25) is 0 Å². The van der Waals surface area contributed by atoms with Crippen LogP contribution in [0.3, 0.4) is 0 Å². The van der Waals surface area contributed by atoms with Crippen LogP contribution >= 0.6 is 27.3 Å². The number of benzene rings is 1. The number of carbonyl (C=O) groups is 1. The Morgan fingerprint density at radius 2 is 1.86 bits per heavy atom. The van der Waals surface area contributed by atoms with Gasteiger partial charge < -0.3 is 15.5 Å². The highest BCUT2D eigenvalue weighted by Crippen LogP contribution is 2.28. The maximum Gasteiger partial charge on any atom is 0.314 e. The van der Waals surface area contributed by atoms with Crippen molar-refractivity contribution in [2.75, 3.05) is 31.1 Å². The molecule has 5 nitrogen and oxygen atoms in total. The van der Waals surface area contributed by atoms with Gasteiger partial charge in [-0.15, -0.1) is 11.3 Å². The fourth-order valence-corrected chi connectivity index (χ4v) is 3.43. The molecule has 2 N–H and O–H groups in total. The number of primary amides is 1. The van der Waals surface area contributed by atoms with E-state index in [1.807, 2.05) is 24.3 Å². The molecule has 7 heteroatoms. The second-order valence-electron chi connectivity index (χ2n) is 4.83. The van der Waals surface area contributed by atoms with Crippen LogP contribution in [-0.2, 0) is 0 Å². The highest BCUT2D eigenvalue weighted by atomic mass is 79.9. The van der Waals surface area contributed by atoms with Crippen molar-refractivity contribution in [1.82, 2.24) is 9.88 Å². The van der Waals surface area contributed by atoms with E-state index in [0.717, 1.165) is 34.0 Å². The number of hydrogen-bond donors (Lipinski definition) is 1. The Morgan fingerprint density at radius 3 is 2.48 bits per heavy atom. The van der Waals surface area contributed by atoms with Crippen molar-refractivity contribution >= 4 is 38.4 Å². The molecule has 2 aromatic rings. The number of halogens is 1. The van der Waals surface area contributed by atoms with E-state index < -0.39 is 0 Å². The second-order valence-corrected chi connectivity index (χ2v) is 6.59. The molecule has 0 radical (unpaired) electrons. The molecule has 0 spiro atoms. The summed E-state index contributed by atoms with van der Waals surface area (Å²) in [6.45, 7) is 2.86. The summed E-state index contributed by atoms with van der Waals surface area (Å²) < 4.78 is 1.06. The summed E-state index contributed by atoms with van der Waals surface area (Å²) in [6, 6.07) is 7.78. The van der Waals surface area contributed by atoms with E-state index in [0.29, 0.717) is 13.1 Å². The number of hydrogen-bond acceptors (Lipinski definition) is 4. The smallest absolute Gasteiger partial charge is 0.314 e. The molecule has 1 aliphatic heterocycles. The van der Waals surface area contributed by atoms with Gasteiger partial charge in [0, 0.05) is 41.6 Å². The maximum absolute atomic E-state index is 11.1. The van der Waals surface area contributed by atoms with Crippen LogP contribution < -0.4 is 10.6 Å². The summed E-state index contributed by atoms with van der Waals surface area (Å²) in [6.07, 6.45) is 0. The number of nitrogens with two attached hydrogens (primary N) is 1. The fraction of sp³-hybridized carbons (Fsp3) is 0.286. The van der Waals surface area contributed by atoms with Crippen molar-refractivity contribution in [2.24, 2.45) is 5.73 Å².